The van der Waals surface area contributed by atoms with Crippen molar-refractivity contribution in [3.8, 4) is 0 Å². The number of nitrogen functional groups attached to an aromatic ring is 1. The lowest BCUT2D eigenvalue weighted by Gasteiger charge is -2.07. The van der Waals surface area contributed by atoms with E-state index in [0.717, 1.165) is 10.8 Å². The van der Waals surface area contributed by atoms with E-state index in [9.17, 15) is 9.00 Å². The fourth-order valence-corrected chi connectivity index (χ4v) is 2.46. The van der Waals surface area contributed by atoms with E-state index >= 15 is 0 Å². The summed E-state index contributed by atoms with van der Waals surface area (Å²) >= 11 is 0. The number of nitrogens with zero attached hydrogens (tertiary/aromatic N) is 1. The van der Waals surface area contributed by atoms with Gasteiger partial charge in [0.2, 0.25) is 0 Å². The van der Waals surface area contributed by atoms with Gasteiger partial charge in [0, 0.05) is 34.7 Å². The van der Waals surface area contributed by atoms with Crippen LogP contribution in [0.25, 0.3) is 10.8 Å². The molecule has 1 atom stereocenters. The van der Waals surface area contributed by atoms with Crippen LogP contribution in [0.4, 0.5) is 5.82 Å². The first-order valence-corrected chi connectivity index (χ1v) is 8.04. The number of hydrogen-bond acceptors (Lipinski definition) is 4. The summed E-state index contributed by atoms with van der Waals surface area (Å²) in [7, 11) is -0.834. The molecule has 0 saturated heterocycles. The first kappa shape index (κ1) is 14.5. The van der Waals surface area contributed by atoms with E-state index in [-0.39, 0.29) is 5.91 Å². The number of rotatable bonds is 5. The number of hydrogen-bond donors (Lipinski definition) is 2. The fraction of sp³-hybridized carbons (Fsp3) is 0.286. The summed E-state index contributed by atoms with van der Waals surface area (Å²) in [6.07, 6.45) is 2.32. The molecular formula is C14H17N3O2S. The lowest BCUT2D eigenvalue weighted by molar-refractivity contribution is 0.0949. The normalized spacial score (nSPS) is 12.2. The molecule has 0 fully saturated rings. The summed E-state index contributed by atoms with van der Waals surface area (Å²) in [5.74, 6) is 0.667. The highest BCUT2D eigenvalue weighted by Gasteiger charge is 2.10. The van der Waals surface area contributed by atoms with Gasteiger partial charge in [-0.05, 0) is 17.9 Å². The van der Waals surface area contributed by atoms with Gasteiger partial charge in [-0.2, -0.15) is 0 Å². The van der Waals surface area contributed by atoms with Gasteiger partial charge in [-0.15, -0.1) is 0 Å². The number of pyridine rings is 1. The highest BCUT2D eigenvalue weighted by atomic mass is 32.2. The first-order valence-electron chi connectivity index (χ1n) is 6.31. The van der Waals surface area contributed by atoms with Gasteiger partial charge in [-0.1, -0.05) is 24.3 Å². The van der Waals surface area contributed by atoms with Crippen LogP contribution in [0.5, 0.6) is 0 Å². The predicted molar refractivity (Wildman–Crippen MR) is 82.0 cm³/mol. The molecule has 1 aromatic carbocycles. The van der Waals surface area contributed by atoms with Crippen LogP contribution in [0.15, 0.2) is 30.3 Å². The van der Waals surface area contributed by atoms with Gasteiger partial charge in [-0.25, -0.2) is 4.98 Å². The van der Waals surface area contributed by atoms with Gasteiger partial charge in [0.1, 0.15) is 11.5 Å². The van der Waals surface area contributed by atoms with Crippen LogP contribution >= 0.6 is 0 Å². The maximum absolute atomic E-state index is 12.0. The van der Waals surface area contributed by atoms with Crippen LogP contribution < -0.4 is 11.1 Å². The number of aromatic nitrogens is 1. The van der Waals surface area contributed by atoms with Crippen molar-refractivity contribution >= 4 is 33.3 Å². The lowest BCUT2D eigenvalue weighted by atomic mass is 10.1. The second-order valence-electron chi connectivity index (χ2n) is 4.50. The minimum atomic E-state index is -0.834. The van der Waals surface area contributed by atoms with Crippen molar-refractivity contribution in [1.29, 1.82) is 0 Å². The molecule has 0 aliphatic heterocycles. The Kier molecular flexibility index (Phi) is 4.68. The van der Waals surface area contributed by atoms with Gasteiger partial charge in [0.15, 0.2) is 0 Å². The molecule has 0 bridgehead atoms. The van der Waals surface area contributed by atoms with E-state index < -0.39 is 10.8 Å². The Morgan fingerprint density at radius 3 is 2.90 bits per heavy atom. The molecule has 0 radical (unpaired) electrons. The number of anilines is 1. The molecule has 0 spiro atoms. The number of fused-ring (bicyclic) bond motifs is 1. The Bertz CT molecular complexity index is 658. The van der Waals surface area contributed by atoms with Crippen molar-refractivity contribution in [2.75, 3.05) is 24.3 Å². The van der Waals surface area contributed by atoms with Gasteiger partial charge < -0.3 is 11.1 Å². The molecule has 0 saturated carbocycles. The minimum Gasteiger partial charge on any atom is -0.383 e. The molecule has 3 N–H and O–H groups in total. The van der Waals surface area contributed by atoms with E-state index in [1.54, 1.807) is 12.3 Å². The number of carbonyl (C=O) groups is 1. The Morgan fingerprint density at radius 1 is 1.40 bits per heavy atom. The Morgan fingerprint density at radius 2 is 2.15 bits per heavy atom. The number of nitrogens with two attached hydrogens (primary N) is 1. The van der Waals surface area contributed by atoms with Crippen molar-refractivity contribution in [3.05, 3.63) is 36.0 Å². The summed E-state index contributed by atoms with van der Waals surface area (Å²) < 4.78 is 10.9. The lowest BCUT2D eigenvalue weighted by Crippen LogP contribution is -2.26. The van der Waals surface area contributed by atoms with Gasteiger partial charge in [0.05, 0.1) is 0 Å². The molecular weight excluding hydrogens is 274 g/mol. The molecule has 1 unspecified atom stereocenters. The number of nitrogens with one attached hydrogen (secondary N) is 1. The second-order valence-corrected chi connectivity index (χ2v) is 6.06. The van der Waals surface area contributed by atoms with Crippen LogP contribution in [0.1, 0.15) is 16.9 Å². The standard InChI is InChI=1S/C14H17N3O2S/c1-20(19)8-4-7-16-14(18)12-9-10-5-2-3-6-11(10)13(15)17-12/h2-3,5-6,9H,4,7-8H2,1H3,(H2,15,17)(H,16,18). The SMILES string of the molecule is CS(=O)CCCNC(=O)c1cc2ccccc2c(N)n1. The van der Waals surface area contributed by atoms with Crippen LogP contribution in [-0.2, 0) is 10.8 Å². The van der Waals surface area contributed by atoms with Crippen LogP contribution in [0, 0.1) is 0 Å². The average Bonchev–Trinajstić information content (AvgIpc) is 2.43. The quantitative estimate of drug-likeness (QED) is 0.814. The molecule has 0 aliphatic carbocycles. The zero-order valence-electron chi connectivity index (χ0n) is 11.3. The average molecular weight is 291 g/mol. The van der Waals surface area contributed by atoms with E-state index in [1.807, 2.05) is 24.3 Å². The molecule has 2 rings (SSSR count). The summed E-state index contributed by atoms with van der Waals surface area (Å²) in [4.78, 5) is 16.1. The van der Waals surface area contributed by atoms with Crippen molar-refractivity contribution < 1.29 is 9.00 Å². The van der Waals surface area contributed by atoms with E-state index in [4.69, 9.17) is 5.73 Å². The summed E-state index contributed by atoms with van der Waals surface area (Å²) in [6.45, 7) is 0.479. The molecule has 6 heteroatoms. The van der Waals surface area contributed by atoms with E-state index in [2.05, 4.69) is 10.3 Å². The van der Waals surface area contributed by atoms with Crippen LogP contribution in [0.2, 0.25) is 0 Å². The first-order chi connectivity index (χ1) is 9.58. The molecule has 1 amide bonds. The van der Waals surface area contributed by atoms with Gasteiger partial charge in [0.25, 0.3) is 5.91 Å². The molecule has 1 heterocycles. The van der Waals surface area contributed by atoms with Crippen LogP contribution in [-0.4, -0.2) is 33.7 Å². The molecule has 106 valence electrons. The molecule has 1 aromatic heterocycles. The maximum atomic E-state index is 12.0. The third-order valence-electron chi connectivity index (χ3n) is 2.90. The second kappa shape index (κ2) is 6.47. The topological polar surface area (TPSA) is 85.1 Å². The Balaban J connectivity index is 2.08. The van der Waals surface area contributed by atoms with Gasteiger partial charge >= 0.3 is 0 Å². The highest BCUT2D eigenvalue weighted by Crippen LogP contribution is 2.19. The number of carbonyl (C=O) groups excluding carboxylic acids is 1. The summed E-state index contributed by atoms with van der Waals surface area (Å²) in [5.41, 5.74) is 6.16. The number of benzene rings is 1. The third kappa shape index (κ3) is 3.54. The molecule has 0 aliphatic rings. The largest absolute Gasteiger partial charge is 0.383 e. The Labute approximate surface area is 120 Å². The monoisotopic (exact) mass is 291 g/mol. The van der Waals surface area contributed by atoms with Gasteiger partial charge in [-0.3, -0.25) is 9.00 Å². The zero-order chi connectivity index (χ0) is 14.5. The van der Waals surface area contributed by atoms with E-state index in [1.165, 1.54) is 0 Å². The fourth-order valence-electron chi connectivity index (χ4n) is 1.91. The maximum Gasteiger partial charge on any atom is 0.269 e. The van der Waals surface area contributed by atoms with E-state index in [0.29, 0.717) is 30.2 Å². The highest BCUT2D eigenvalue weighted by molar-refractivity contribution is 7.84. The van der Waals surface area contributed by atoms with Crippen molar-refractivity contribution in [2.45, 2.75) is 6.42 Å². The zero-order valence-corrected chi connectivity index (χ0v) is 12.1. The molecule has 20 heavy (non-hydrogen) atoms. The molecule has 5 nitrogen and oxygen atoms in total. The number of amides is 1. The summed E-state index contributed by atoms with van der Waals surface area (Å²) in [6, 6.07) is 9.25. The van der Waals surface area contributed by atoms with Crippen molar-refractivity contribution in [2.24, 2.45) is 0 Å². The predicted octanol–water partition coefficient (Wildman–Crippen LogP) is 1.32. The Hall–Kier alpha value is -1.95. The summed E-state index contributed by atoms with van der Waals surface area (Å²) in [5, 5.41) is 4.48. The smallest absolute Gasteiger partial charge is 0.269 e. The minimum absolute atomic E-state index is 0.260. The van der Waals surface area contributed by atoms with Crippen LogP contribution in [0.3, 0.4) is 0 Å². The third-order valence-corrected chi connectivity index (χ3v) is 3.76. The van der Waals surface area contributed by atoms with Crippen molar-refractivity contribution in [1.82, 2.24) is 10.3 Å². The van der Waals surface area contributed by atoms with Crippen molar-refractivity contribution in [3.63, 3.8) is 0 Å². The molecule has 2 aromatic rings.